The quantitative estimate of drug-likeness (QED) is 0.291. The second-order valence-electron chi connectivity index (χ2n) is 9.35. The van der Waals surface area contributed by atoms with Crippen LogP contribution in [-0.2, 0) is 16.8 Å². The fraction of sp³-hybridized carbons (Fsp3) is 0.241. The number of hydrogen-bond donors (Lipinski definition) is 0. The minimum absolute atomic E-state index is 0.218. The molecule has 0 bridgehead atoms. The number of carbonyl (C=O) groups excluding carboxylic acids is 1. The third kappa shape index (κ3) is 3.59. The standard InChI is InChI=1S/C29H26BrN3O2/c1-35-23-11-9-20(10-12-23)19-32-27-24(29(28(32)34)14-5-6-15-29)17-21(18-25(27)30)26-13-16-31-33(26)22-7-3-2-4-8-22/h2-4,7-13,16-18H,5-6,14-15,19H2,1H3. The number of hydrogen-bond acceptors (Lipinski definition) is 3. The molecule has 2 aliphatic rings. The van der Waals surface area contributed by atoms with Crippen LogP contribution in [0.3, 0.4) is 0 Å². The summed E-state index contributed by atoms with van der Waals surface area (Å²) in [6, 6.07) is 24.5. The van der Waals surface area contributed by atoms with Gasteiger partial charge in [-0.05, 0) is 82.4 Å². The highest BCUT2D eigenvalue weighted by molar-refractivity contribution is 9.10. The van der Waals surface area contributed by atoms with Gasteiger partial charge in [0, 0.05) is 10.0 Å². The fourth-order valence-electron chi connectivity index (χ4n) is 5.68. The predicted octanol–water partition coefficient (Wildman–Crippen LogP) is 6.67. The second-order valence-corrected chi connectivity index (χ2v) is 10.2. The number of fused-ring (bicyclic) bond motifs is 2. The van der Waals surface area contributed by atoms with E-state index < -0.39 is 5.41 Å². The van der Waals surface area contributed by atoms with Gasteiger partial charge in [-0.25, -0.2) is 4.68 Å². The van der Waals surface area contributed by atoms with Crippen molar-refractivity contribution in [3.63, 3.8) is 0 Å². The Hall–Kier alpha value is -3.38. The molecule has 3 aromatic carbocycles. The van der Waals surface area contributed by atoms with Crippen LogP contribution in [0, 0.1) is 0 Å². The van der Waals surface area contributed by atoms with Gasteiger partial charge in [-0.3, -0.25) is 4.79 Å². The van der Waals surface area contributed by atoms with Gasteiger partial charge in [0.1, 0.15) is 5.75 Å². The smallest absolute Gasteiger partial charge is 0.238 e. The molecule has 0 N–H and O–H groups in total. The third-order valence-corrected chi connectivity index (χ3v) is 8.00. The number of carbonyl (C=O) groups is 1. The molecule has 0 saturated heterocycles. The Kier molecular flexibility index (Phi) is 5.49. The SMILES string of the molecule is COc1ccc(CN2C(=O)C3(CCCC3)c3cc(-c4ccnn4-c4ccccc4)cc(Br)c32)cc1. The number of nitrogens with zero attached hydrogens (tertiary/aromatic N) is 3. The van der Waals surface area contributed by atoms with Gasteiger partial charge in [-0.2, -0.15) is 5.10 Å². The lowest BCUT2D eigenvalue weighted by Gasteiger charge is -2.23. The van der Waals surface area contributed by atoms with E-state index in [2.05, 4.69) is 45.3 Å². The van der Waals surface area contributed by atoms with Crippen LogP contribution in [0.15, 0.2) is 83.5 Å². The van der Waals surface area contributed by atoms with Crippen LogP contribution in [0.2, 0.25) is 0 Å². The summed E-state index contributed by atoms with van der Waals surface area (Å²) < 4.78 is 8.21. The van der Waals surface area contributed by atoms with E-state index in [9.17, 15) is 4.79 Å². The summed E-state index contributed by atoms with van der Waals surface area (Å²) in [5.41, 5.74) is 5.85. The van der Waals surface area contributed by atoms with Crippen molar-refractivity contribution in [1.82, 2.24) is 9.78 Å². The maximum atomic E-state index is 14.0. The summed E-state index contributed by atoms with van der Waals surface area (Å²) in [5, 5.41) is 4.59. The molecule has 6 heteroatoms. The van der Waals surface area contributed by atoms with Gasteiger partial charge in [-0.1, -0.05) is 43.2 Å². The Bertz CT molecular complexity index is 1390. The lowest BCUT2D eigenvalue weighted by atomic mass is 9.79. The van der Waals surface area contributed by atoms with Gasteiger partial charge in [0.25, 0.3) is 0 Å². The maximum absolute atomic E-state index is 14.0. The molecule has 1 fully saturated rings. The van der Waals surface area contributed by atoms with Gasteiger partial charge in [0.05, 0.1) is 42.3 Å². The van der Waals surface area contributed by atoms with E-state index in [4.69, 9.17) is 4.74 Å². The fourth-order valence-corrected chi connectivity index (χ4v) is 6.36. The van der Waals surface area contributed by atoms with Crippen molar-refractivity contribution in [1.29, 1.82) is 0 Å². The van der Waals surface area contributed by atoms with E-state index in [1.165, 1.54) is 0 Å². The monoisotopic (exact) mass is 527 g/mol. The Morgan fingerprint density at radius 1 is 1.00 bits per heavy atom. The summed E-state index contributed by atoms with van der Waals surface area (Å²) in [5.74, 6) is 1.03. The molecule has 1 saturated carbocycles. The number of halogens is 1. The largest absolute Gasteiger partial charge is 0.497 e. The summed E-state index contributed by atoms with van der Waals surface area (Å²) in [6.45, 7) is 0.539. The van der Waals surface area contributed by atoms with Crippen molar-refractivity contribution in [2.45, 2.75) is 37.6 Å². The molecule has 5 nitrogen and oxygen atoms in total. The third-order valence-electron chi connectivity index (χ3n) is 7.40. The van der Waals surface area contributed by atoms with Crippen molar-refractivity contribution in [3.05, 3.63) is 94.6 Å². The number of anilines is 1. The predicted molar refractivity (Wildman–Crippen MR) is 141 cm³/mol. The first-order valence-corrected chi connectivity index (χ1v) is 12.8. The molecule has 1 aromatic heterocycles. The first kappa shape index (κ1) is 22.1. The van der Waals surface area contributed by atoms with Crippen LogP contribution in [0.4, 0.5) is 5.69 Å². The molecule has 4 aromatic rings. The summed E-state index contributed by atoms with van der Waals surface area (Å²) in [7, 11) is 1.66. The maximum Gasteiger partial charge on any atom is 0.238 e. The van der Waals surface area contributed by atoms with Crippen LogP contribution >= 0.6 is 15.9 Å². The highest BCUT2D eigenvalue weighted by Gasteiger charge is 2.53. The minimum atomic E-state index is -0.446. The molecule has 2 heterocycles. The zero-order valence-corrected chi connectivity index (χ0v) is 21.2. The van der Waals surface area contributed by atoms with E-state index in [0.29, 0.717) is 6.54 Å². The van der Waals surface area contributed by atoms with E-state index in [0.717, 1.165) is 69.7 Å². The number of benzene rings is 3. The van der Waals surface area contributed by atoms with Crippen LogP contribution in [0.5, 0.6) is 5.75 Å². The molecule has 0 atom stereocenters. The number of methoxy groups -OCH3 is 1. The summed E-state index contributed by atoms with van der Waals surface area (Å²) in [4.78, 5) is 16.0. The number of amides is 1. The lowest BCUT2D eigenvalue weighted by Crippen LogP contribution is -2.38. The Morgan fingerprint density at radius 3 is 2.46 bits per heavy atom. The molecule has 0 unspecified atom stereocenters. The highest BCUT2D eigenvalue weighted by Crippen LogP contribution is 2.55. The average Bonchev–Trinajstić information content (AvgIpc) is 3.62. The molecule has 1 aliphatic heterocycles. The van der Waals surface area contributed by atoms with Gasteiger partial charge in [0.15, 0.2) is 0 Å². The first-order valence-electron chi connectivity index (χ1n) is 12.0. The highest BCUT2D eigenvalue weighted by atomic mass is 79.9. The van der Waals surface area contributed by atoms with E-state index >= 15 is 0 Å². The molecule has 1 spiro atoms. The molecule has 1 amide bonds. The Labute approximate surface area is 213 Å². The number of para-hydroxylation sites is 1. The van der Waals surface area contributed by atoms with Gasteiger partial charge in [-0.15, -0.1) is 0 Å². The van der Waals surface area contributed by atoms with Crippen molar-refractivity contribution in [3.8, 4) is 22.7 Å². The number of ether oxygens (including phenoxy) is 1. The number of aromatic nitrogens is 2. The van der Waals surface area contributed by atoms with Crippen molar-refractivity contribution < 1.29 is 9.53 Å². The average molecular weight is 528 g/mol. The second kappa shape index (κ2) is 8.68. The zero-order chi connectivity index (χ0) is 24.0. The molecule has 6 rings (SSSR count). The van der Waals surface area contributed by atoms with E-state index in [1.807, 2.05) is 64.3 Å². The van der Waals surface area contributed by atoms with Crippen LogP contribution in [-0.4, -0.2) is 22.8 Å². The molecule has 1 aliphatic carbocycles. The Morgan fingerprint density at radius 2 is 1.74 bits per heavy atom. The molecule has 0 radical (unpaired) electrons. The van der Waals surface area contributed by atoms with E-state index in [1.54, 1.807) is 7.11 Å². The molecular formula is C29H26BrN3O2. The van der Waals surface area contributed by atoms with Crippen molar-refractivity contribution in [2.75, 3.05) is 12.0 Å². The number of rotatable bonds is 5. The molecule has 35 heavy (non-hydrogen) atoms. The molecule has 176 valence electrons. The first-order chi connectivity index (χ1) is 17.1. The van der Waals surface area contributed by atoms with Crippen LogP contribution in [0.25, 0.3) is 16.9 Å². The summed E-state index contributed by atoms with van der Waals surface area (Å²) >= 11 is 3.86. The normalized spacial score (nSPS) is 16.2. The summed E-state index contributed by atoms with van der Waals surface area (Å²) in [6.07, 6.45) is 5.77. The van der Waals surface area contributed by atoms with Crippen molar-refractivity contribution >= 4 is 27.5 Å². The zero-order valence-electron chi connectivity index (χ0n) is 19.6. The van der Waals surface area contributed by atoms with Crippen LogP contribution in [0.1, 0.15) is 36.8 Å². The lowest BCUT2D eigenvalue weighted by molar-refractivity contribution is -0.123. The van der Waals surface area contributed by atoms with Gasteiger partial charge < -0.3 is 9.64 Å². The molecular weight excluding hydrogens is 502 g/mol. The van der Waals surface area contributed by atoms with Gasteiger partial charge in [0.2, 0.25) is 5.91 Å². The van der Waals surface area contributed by atoms with E-state index in [-0.39, 0.29) is 5.91 Å². The van der Waals surface area contributed by atoms with Crippen LogP contribution < -0.4 is 9.64 Å². The minimum Gasteiger partial charge on any atom is -0.497 e. The van der Waals surface area contributed by atoms with Gasteiger partial charge >= 0.3 is 0 Å². The Balaban J connectivity index is 1.46. The van der Waals surface area contributed by atoms with Crippen molar-refractivity contribution in [2.24, 2.45) is 0 Å². The topological polar surface area (TPSA) is 47.4 Å².